The maximum atomic E-state index is 12.3. The summed E-state index contributed by atoms with van der Waals surface area (Å²) in [5.41, 5.74) is 2.38. The Morgan fingerprint density at radius 1 is 1.10 bits per heavy atom. The quantitative estimate of drug-likeness (QED) is 0.833. The molecule has 4 nitrogen and oxygen atoms in total. The Labute approximate surface area is 119 Å². The van der Waals surface area contributed by atoms with Gasteiger partial charge in [-0.05, 0) is 37.8 Å². The highest BCUT2D eigenvalue weighted by atomic mass is 16.5. The summed E-state index contributed by atoms with van der Waals surface area (Å²) in [6, 6.07) is 4.09. The maximum Gasteiger partial charge on any atom is 0.223 e. The Bertz CT molecular complexity index is 527. The molecule has 3 rings (SSSR count). The molecule has 1 amide bonds. The van der Waals surface area contributed by atoms with E-state index < -0.39 is 0 Å². The van der Waals surface area contributed by atoms with Crippen molar-refractivity contribution < 1.29 is 14.3 Å². The zero-order chi connectivity index (χ0) is 14.1. The van der Waals surface area contributed by atoms with Crippen LogP contribution in [0.2, 0.25) is 0 Å². The molecule has 4 heteroatoms. The van der Waals surface area contributed by atoms with Crippen LogP contribution in [0.15, 0.2) is 12.1 Å². The van der Waals surface area contributed by atoms with Crippen LogP contribution in [-0.2, 0) is 11.2 Å². The Hall–Kier alpha value is -1.71. The number of ether oxygens (including phenoxy) is 2. The molecular formula is C16H21NO3. The van der Waals surface area contributed by atoms with E-state index in [0.29, 0.717) is 6.42 Å². The molecule has 1 aromatic rings. The number of methoxy groups -OCH3 is 2. The van der Waals surface area contributed by atoms with Crippen LogP contribution in [0.1, 0.15) is 42.9 Å². The van der Waals surface area contributed by atoms with E-state index in [0.717, 1.165) is 49.3 Å². The second kappa shape index (κ2) is 5.35. The summed E-state index contributed by atoms with van der Waals surface area (Å²) >= 11 is 0. The number of carbonyl (C=O) groups is 1. The SMILES string of the molecule is COc1ccc(OC)c2c1CCCC(=O)N1CCCC21. The van der Waals surface area contributed by atoms with Crippen LogP contribution in [0.3, 0.4) is 0 Å². The Kier molecular flexibility index (Phi) is 3.55. The van der Waals surface area contributed by atoms with Gasteiger partial charge in [0.2, 0.25) is 5.91 Å². The van der Waals surface area contributed by atoms with Crippen molar-refractivity contribution >= 4 is 5.91 Å². The van der Waals surface area contributed by atoms with Crippen molar-refractivity contribution in [1.82, 2.24) is 4.90 Å². The molecule has 0 aliphatic carbocycles. The standard InChI is InChI=1S/C16H21NO3/c1-19-13-8-9-14(20-2)16-11(13)5-3-7-15(18)17-10-4-6-12(16)17/h8-9,12H,3-7,10H2,1-2H3. The van der Waals surface area contributed by atoms with E-state index in [1.165, 1.54) is 5.56 Å². The van der Waals surface area contributed by atoms with E-state index >= 15 is 0 Å². The van der Waals surface area contributed by atoms with Crippen LogP contribution in [0.25, 0.3) is 0 Å². The lowest BCUT2D eigenvalue weighted by molar-refractivity contribution is -0.132. The average molecular weight is 275 g/mol. The number of hydrogen-bond donors (Lipinski definition) is 0. The van der Waals surface area contributed by atoms with Gasteiger partial charge in [0.25, 0.3) is 0 Å². The first-order valence-electron chi connectivity index (χ1n) is 7.29. The van der Waals surface area contributed by atoms with Gasteiger partial charge in [-0.1, -0.05) is 0 Å². The highest BCUT2D eigenvalue weighted by Gasteiger charge is 2.35. The molecule has 108 valence electrons. The van der Waals surface area contributed by atoms with Crippen LogP contribution in [0.4, 0.5) is 0 Å². The zero-order valence-electron chi connectivity index (χ0n) is 12.1. The van der Waals surface area contributed by atoms with E-state index in [1.54, 1.807) is 14.2 Å². The fourth-order valence-corrected chi connectivity index (χ4v) is 3.54. The van der Waals surface area contributed by atoms with Gasteiger partial charge < -0.3 is 14.4 Å². The monoisotopic (exact) mass is 275 g/mol. The Morgan fingerprint density at radius 2 is 1.85 bits per heavy atom. The third-order valence-corrected chi connectivity index (χ3v) is 4.44. The van der Waals surface area contributed by atoms with Gasteiger partial charge in [0, 0.05) is 24.1 Å². The second-order valence-electron chi connectivity index (χ2n) is 5.46. The van der Waals surface area contributed by atoms with Gasteiger partial charge in [0.15, 0.2) is 0 Å². The molecule has 20 heavy (non-hydrogen) atoms. The molecule has 0 N–H and O–H groups in total. The van der Waals surface area contributed by atoms with E-state index in [9.17, 15) is 4.79 Å². The number of benzene rings is 1. The van der Waals surface area contributed by atoms with E-state index in [-0.39, 0.29) is 11.9 Å². The number of nitrogens with zero attached hydrogens (tertiary/aromatic N) is 1. The van der Waals surface area contributed by atoms with Crippen molar-refractivity contribution in [2.45, 2.75) is 38.1 Å². The molecule has 2 heterocycles. The third kappa shape index (κ3) is 2.03. The minimum absolute atomic E-state index is 0.155. The lowest BCUT2D eigenvalue weighted by atomic mass is 9.91. The lowest BCUT2D eigenvalue weighted by Gasteiger charge is -2.31. The molecule has 0 radical (unpaired) electrons. The molecule has 0 aromatic heterocycles. The van der Waals surface area contributed by atoms with Crippen molar-refractivity contribution in [1.29, 1.82) is 0 Å². The number of hydrogen-bond acceptors (Lipinski definition) is 3. The number of rotatable bonds is 2. The van der Waals surface area contributed by atoms with Crippen LogP contribution in [-0.4, -0.2) is 31.6 Å². The molecule has 2 aliphatic rings. The van der Waals surface area contributed by atoms with Gasteiger partial charge in [-0.25, -0.2) is 0 Å². The van der Waals surface area contributed by atoms with Gasteiger partial charge in [-0.15, -0.1) is 0 Å². The van der Waals surface area contributed by atoms with Crippen LogP contribution in [0, 0.1) is 0 Å². The topological polar surface area (TPSA) is 38.8 Å². The predicted molar refractivity (Wildman–Crippen MR) is 76.2 cm³/mol. The highest BCUT2D eigenvalue weighted by molar-refractivity contribution is 5.78. The minimum atomic E-state index is 0.155. The number of amides is 1. The van der Waals surface area contributed by atoms with E-state index in [1.807, 2.05) is 17.0 Å². The van der Waals surface area contributed by atoms with Crippen molar-refractivity contribution in [2.24, 2.45) is 0 Å². The third-order valence-electron chi connectivity index (χ3n) is 4.44. The molecule has 1 unspecified atom stereocenters. The van der Waals surface area contributed by atoms with E-state index in [2.05, 4.69) is 0 Å². The molecule has 1 aromatic carbocycles. The van der Waals surface area contributed by atoms with Crippen molar-refractivity contribution in [3.05, 3.63) is 23.3 Å². The van der Waals surface area contributed by atoms with Gasteiger partial charge in [-0.2, -0.15) is 0 Å². The van der Waals surface area contributed by atoms with E-state index in [4.69, 9.17) is 9.47 Å². The minimum Gasteiger partial charge on any atom is -0.496 e. The molecule has 1 fully saturated rings. The summed E-state index contributed by atoms with van der Waals surface area (Å²) in [6.07, 6.45) is 4.47. The first-order chi connectivity index (χ1) is 9.76. The van der Waals surface area contributed by atoms with Crippen LogP contribution in [0.5, 0.6) is 11.5 Å². The smallest absolute Gasteiger partial charge is 0.223 e. The highest BCUT2D eigenvalue weighted by Crippen LogP contribution is 2.44. The van der Waals surface area contributed by atoms with Crippen molar-refractivity contribution in [3.8, 4) is 11.5 Å². The molecule has 1 atom stereocenters. The largest absolute Gasteiger partial charge is 0.496 e. The number of fused-ring (bicyclic) bond motifs is 3. The maximum absolute atomic E-state index is 12.3. The van der Waals surface area contributed by atoms with Crippen molar-refractivity contribution in [3.63, 3.8) is 0 Å². The first-order valence-corrected chi connectivity index (χ1v) is 7.29. The molecule has 1 saturated heterocycles. The Morgan fingerprint density at radius 3 is 2.60 bits per heavy atom. The van der Waals surface area contributed by atoms with Gasteiger partial charge in [0.1, 0.15) is 11.5 Å². The second-order valence-corrected chi connectivity index (χ2v) is 5.46. The summed E-state index contributed by atoms with van der Waals surface area (Å²) in [7, 11) is 3.40. The average Bonchev–Trinajstić information content (AvgIpc) is 2.93. The van der Waals surface area contributed by atoms with Gasteiger partial charge in [0.05, 0.1) is 20.3 Å². The Balaban J connectivity index is 2.16. The zero-order valence-corrected chi connectivity index (χ0v) is 12.1. The van der Waals surface area contributed by atoms with Gasteiger partial charge in [-0.3, -0.25) is 4.79 Å². The summed E-state index contributed by atoms with van der Waals surface area (Å²) < 4.78 is 11.1. The molecule has 0 saturated carbocycles. The summed E-state index contributed by atoms with van der Waals surface area (Å²) in [6.45, 7) is 0.864. The number of carbonyl (C=O) groups excluding carboxylic acids is 1. The fraction of sp³-hybridized carbons (Fsp3) is 0.562. The summed E-state index contributed by atoms with van der Waals surface area (Å²) in [5.74, 6) is 2.08. The lowest BCUT2D eigenvalue weighted by Crippen LogP contribution is -2.32. The van der Waals surface area contributed by atoms with Gasteiger partial charge >= 0.3 is 0 Å². The molecule has 0 bridgehead atoms. The van der Waals surface area contributed by atoms with Crippen molar-refractivity contribution in [2.75, 3.05) is 20.8 Å². The summed E-state index contributed by atoms with van der Waals surface area (Å²) in [4.78, 5) is 14.3. The fourth-order valence-electron chi connectivity index (χ4n) is 3.54. The van der Waals surface area contributed by atoms with Crippen LogP contribution < -0.4 is 9.47 Å². The molecule has 2 aliphatic heterocycles. The molecule has 0 spiro atoms. The normalized spacial score (nSPS) is 21.8. The van der Waals surface area contributed by atoms with Crippen LogP contribution >= 0.6 is 0 Å². The molecular weight excluding hydrogens is 254 g/mol. The first kappa shape index (κ1) is 13.3. The predicted octanol–water partition coefficient (Wildman–Crippen LogP) is 2.70. The summed E-state index contributed by atoms with van der Waals surface area (Å²) in [5, 5.41) is 0.